The van der Waals surface area contributed by atoms with Crippen molar-refractivity contribution in [1.82, 2.24) is 15.1 Å². The molecule has 0 aliphatic carbocycles. The molecule has 1 amide bonds. The minimum absolute atomic E-state index is 0.189. The Bertz CT molecular complexity index is 765. The minimum atomic E-state index is -0.215. The number of hydrogen-bond donors (Lipinski definition) is 1. The number of nitrogens with zero attached hydrogens (tertiary/aromatic N) is 2. The molecule has 0 aliphatic heterocycles. The third-order valence-corrected chi connectivity index (χ3v) is 4.32. The Labute approximate surface area is 146 Å². The van der Waals surface area contributed by atoms with E-state index in [1.165, 1.54) is 6.08 Å². The number of hydrogen-bond acceptors (Lipinski definition) is 2. The summed E-state index contributed by atoms with van der Waals surface area (Å²) in [7, 11) is 1.88. The number of nitrogens with one attached hydrogen (secondary N) is 1. The van der Waals surface area contributed by atoms with E-state index in [0.29, 0.717) is 10.0 Å². The van der Waals surface area contributed by atoms with Gasteiger partial charge in [-0.25, -0.2) is 0 Å². The Morgan fingerprint density at radius 3 is 2.61 bits per heavy atom. The van der Waals surface area contributed by atoms with E-state index in [1.807, 2.05) is 33.9 Å². The van der Waals surface area contributed by atoms with Gasteiger partial charge in [0.2, 0.25) is 5.91 Å². The number of aryl methyl sites for hydroxylation is 2. The summed E-state index contributed by atoms with van der Waals surface area (Å²) < 4.78 is 1.79. The first-order chi connectivity index (χ1) is 10.8. The highest BCUT2D eigenvalue weighted by molar-refractivity contribution is 6.35. The van der Waals surface area contributed by atoms with Crippen LogP contribution in [0.15, 0.2) is 24.3 Å². The van der Waals surface area contributed by atoms with Crippen LogP contribution in [0.5, 0.6) is 0 Å². The average Bonchev–Trinajstić information content (AvgIpc) is 2.70. The average molecular weight is 352 g/mol. The van der Waals surface area contributed by atoms with Crippen molar-refractivity contribution in [2.75, 3.05) is 0 Å². The topological polar surface area (TPSA) is 46.9 Å². The van der Waals surface area contributed by atoms with Gasteiger partial charge in [0, 0.05) is 34.4 Å². The molecule has 0 saturated heterocycles. The smallest absolute Gasteiger partial charge is 0.244 e. The SMILES string of the molecule is Cc1nn(C)c(C)c1/C=C\C(=O)N[C@H](C)c1ccc(Cl)cc1Cl. The van der Waals surface area contributed by atoms with Gasteiger partial charge in [0.15, 0.2) is 0 Å². The van der Waals surface area contributed by atoms with Gasteiger partial charge < -0.3 is 5.32 Å². The van der Waals surface area contributed by atoms with Gasteiger partial charge in [0.25, 0.3) is 0 Å². The van der Waals surface area contributed by atoms with E-state index < -0.39 is 0 Å². The molecule has 1 aromatic heterocycles. The van der Waals surface area contributed by atoms with E-state index in [4.69, 9.17) is 23.2 Å². The minimum Gasteiger partial charge on any atom is -0.346 e. The van der Waals surface area contributed by atoms with Crippen molar-refractivity contribution in [2.45, 2.75) is 26.8 Å². The summed E-state index contributed by atoms with van der Waals surface area (Å²) in [5, 5.41) is 8.32. The largest absolute Gasteiger partial charge is 0.346 e. The van der Waals surface area contributed by atoms with Crippen LogP contribution in [0.3, 0.4) is 0 Å². The first kappa shape index (κ1) is 17.6. The van der Waals surface area contributed by atoms with Crippen LogP contribution in [0.1, 0.15) is 35.5 Å². The third kappa shape index (κ3) is 4.15. The molecule has 1 heterocycles. The van der Waals surface area contributed by atoms with Crippen molar-refractivity contribution >= 4 is 35.2 Å². The summed E-state index contributed by atoms with van der Waals surface area (Å²) in [6.07, 6.45) is 3.29. The molecule has 4 nitrogen and oxygen atoms in total. The van der Waals surface area contributed by atoms with Crippen LogP contribution in [0.25, 0.3) is 6.08 Å². The summed E-state index contributed by atoms with van der Waals surface area (Å²) >= 11 is 12.0. The number of rotatable bonds is 4. The molecule has 0 saturated carbocycles. The number of amides is 1. The maximum Gasteiger partial charge on any atom is 0.244 e. The van der Waals surface area contributed by atoms with Crippen LogP contribution in [-0.2, 0) is 11.8 Å². The molecule has 2 aromatic rings. The summed E-state index contributed by atoms with van der Waals surface area (Å²) in [5.74, 6) is -0.189. The highest BCUT2D eigenvalue weighted by Gasteiger charge is 2.12. The zero-order valence-corrected chi connectivity index (χ0v) is 15.0. The molecule has 0 radical (unpaired) electrons. The summed E-state index contributed by atoms with van der Waals surface area (Å²) in [4.78, 5) is 12.1. The summed E-state index contributed by atoms with van der Waals surface area (Å²) in [5.41, 5.74) is 3.69. The van der Waals surface area contributed by atoms with Gasteiger partial charge in [0.1, 0.15) is 0 Å². The van der Waals surface area contributed by atoms with Gasteiger partial charge in [-0.2, -0.15) is 5.10 Å². The number of halogens is 2. The highest BCUT2D eigenvalue weighted by Crippen LogP contribution is 2.26. The lowest BCUT2D eigenvalue weighted by atomic mass is 10.1. The Balaban J connectivity index is 2.08. The van der Waals surface area contributed by atoms with E-state index in [9.17, 15) is 4.79 Å². The normalized spacial score (nSPS) is 12.6. The fraction of sp³-hybridized carbons (Fsp3) is 0.294. The molecule has 1 N–H and O–H groups in total. The molecular formula is C17H19Cl2N3O. The molecule has 1 atom stereocenters. The van der Waals surface area contributed by atoms with Crippen molar-refractivity contribution in [2.24, 2.45) is 7.05 Å². The lowest BCUT2D eigenvalue weighted by molar-refractivity contribution is -0.117. The third-order valence-electron chi connectivity index (χ3n) is 3.75. The van der Waals surface area contributed by atoms with E-state index in [2.05, 4.69) is 10.4 Å². The maximum atomic E-state index is 12.1. The van der Waals surface area contributed by atoms with Crippen molar-refractivity contribution < 1.29 is 4.79 Å². The van der Waals surface area contributed by atoms with Crippen molar-refractivity contribution in [3.8, 4) is 0 Å². The maximum absolute atomic E-state index is 12.1. The van der Waals surface area contributed by atoms with Gasteiger partial charge in [0.05, 0.1) is 11.7 Å². The van der Waals surface area contributed by atoms with E-state index >= 15 is 0 Å². The van der Waals surface area contributed by atoms with Crippen molar-refractivity contribution in [3.63, 3.8) is 0 Å². The van der Waals surface area contributed by atoms with E-state index in [0.717, 1.165) is 22.5 Å². The monoisotopic (exact) mass is 351 g/mol. The molecule has 23 heavy (non-hydrogen) atoms. The predicted molar refractivity (Wildman–Crippen MR) is 94.7 cm³/mol. The first-order valence-corrected chi connectivity index (χ1v) is 7.99. The lowest BCUT2D eigenvalue weighted by Gasteiger charge is -2.14. The van der Waals surface area contributed by atoms with E-state index in [1.54, 1.807) is 22.9 Å². The summed E-state index contributed by atoms with van der Waals surface area (Å²) in [6, 6.07) is 5.02. The standard InChI is InChI=1S/C17H19Cl2N3O/c1-10(15-6-5-13(18)9-16(15)19)20-17(23)8-7-14-11(2)21-22(4)12(14)3/h5-10H,1-4H3,(H,20,23)/b8-7-/t10-/m1/s1. The van der Waals surface area contributed by atoms with Gasteiger partial charge >= 0.3 is 0 Å². The molecule has 6 heteroatoms. The molecule has 2 rings (SSSR count). The number of aromatic nitrogens is 2. The molecule has 0 spiro atoms. The Hall–Kier alpha value is -1.78. The predicted octanol–water partition coefficient (Wildman–Crippen LogP) is 4.23. The fourth-order valence-corrected chi connectivity index (χ4v) is 2.95. The zero-order valence-electron chi connectivity index (χ0n) is 13.5. The number of benzene rings is 1. The molecule has 0 bridgehead atoms. The molecule has 0 aliphatic rings. The van der Waals surface area contributed by atoms with Crippen LogP contribution >= 0.6 is 23.2 Å². The van der Waals surface area contributed by atoms with Crippen LogP contribution in [-0.4, -0.2) is 15.7 Å². The van der Waals surface area contributed by atoms with Gasteiger partial charge in [-0.15, -0.1) is 0 Å². The second-order valence-electron chi connectivity index (χ2n) is 5.44. The molecular weight excluding hydrogens is 333 g/mol. The Kier molecular flexibility index (Phi) is 5.50. The molecule has 0 fully saturated rings. The van der Waals surface area contributed by atoms with Crippen LogP contribution in [0.4, 0.5) is 0 Å². The molecule has 0 unspecified atom stereocenters. The zero-order chi connectivity index (χ0) is 17.1. The quantitative estimate of drug-likeness (QED) is 0.837. The van der Waals surface area contributed by atoms with Gasteiger partial charge in [-0.3, -0.25) is 9.48 Å². The van der Waals surface area contributed by atoms with Crippen LogP contribution < -0.4 is 5.32 Å². The van der Waals surface area contributed by atoms with Gasteiger partial charge in [-0.1, -0.05) is 29.3 Å². The number of carbonyl (C=O) groups excluding carboxylic acids is 1. The van der Waals surface area contributed by atoms with Crippen LogP contribution in [0.2, 0.25) is 10.0 Å². The molecule has 122 valence electrons. The van der Waals surface area contributed by atoms with Gasteiger partial charge in [-0.05, 0) is 44.5 Å². The van der Waals surface area contributed by atoms with Crippen LogP contribution in [0, 0.1) is 13.8 Å². The fourth-order valence-electron chi connectivity index (χ4n) is 2.38. The second-order valence-corrected chi connectivity index (χ2v) is 6.28. The summed E-state index contributed by atoms with van der Waals surface area (Å²) in [6.45, 7) is 5.76. The first-order valence-electron chi connectivity index (χ1n) is 7.23. The van der Waals surface area contributed by atoms with Crippen molar-refractivity contribution in [3.05, 3.63) is 56.8 Å². The second kappa shape index (κ2) is 7.20. The highest BCUT2D eigenvalue weighted by atomic mass is 35.5. The molecule has 1 aromatic carbocycles. The van der Waals surface area contributed by atoms with E-state index in [-0.39, 0.29) is 11.9 Å². The van der Waals surface area contributed by atoms with Crippen molar-refractivity contribution in [1.29, 1.82) is 0 Å². The Morgan fingerprint density at radius 2 is 2.04 bits per heavy atom. The Morgan fingerprint density at radius 1 is 1.35 bits per heavy atom. The lowest BCUT2D eigenvalue weighted by Crippen LogP contribution is -2.24. The number of carbonyl (C=O) groups is 1.